The first kappa shape index (κ1) is 35.5. The third-order valence-electron chi connectivity index (χ3n) is 7.42. The average Bonchev–Trinajstić information content (AvgIpc) is 3.28. The van der Waals surface area contributed by atoms with Crippen molar-refractivity contribution in [1.29, 1.82) is 0 Å². The Hall–Kier alpha value is -0.572. The second-order valence-electron chi connectivity index (χ2n) is 10.3. The molecule has 2 aliphatic heterocycles. The molecule has 0 bridgehead atoms. The van der Waals surface area contributed by atoms with E-state index in [4.69, 9.17) is 0 Å². The van der Waals surface area contributed by atoms with E-state index in [9.17, 15) is 26.9 Å². The summed E-state index contributed by atoms with van der Waals surface area (Å²) in [5.74, 6) is 0. The minimum absolute atomic E-state index is 0. The standard InChI is InChI=1S/C18H30N2O2P2.C8H12.BF4.Rh/c1-11-7-8-12(2)23(11)15-16(24-13(3)9-10-14(24)4)18(22)20(6)19(5)17(15)21;1-2-4-6-8-7-5-3-1;2-1(3,4)5;/h11-14H,7-10H2,1-6H3;1-2,7-8H,3-6H2;;/q;;-1;/b;2-1-,8-7?;;. The Bertz CT molecular complexity index is 962. The van der Waals surface area contributed by atoms with Crippen molar-refractivity contribution in [3.05, 3.63) is 45.0 Å². The summed E-state index contributed by atoms with van der Waals surface area (Å²) in [5.41, 5.74) is 2.39. The van der Waals surface area contributed by atoms with Crippen LogP contribution in [-0.2, 0) is 33.6 Å². The van der Waals surface area contributed by atoms with Crippen LogP contribution in [-0.4, -0.2) is 39.3 Å². The Morgan fingerprint density at radius 1 is 0.632 bits per heavy atom. The van der Waals surface area contributed by atoms with Gasteiger partial charge >= 0.3 is 7.25 Å². The zero-order valence-corrected chi connectivity index (χ0v) is 26.7. The predicted molar refractivity (Wildman–Crippen MR) is 153 cm³/mol. The number of halogens is 4. The van der Waals surface area contributed by atoms with Crippen LogP contribution in [0.1, 0.15) is 79.1 Å². The summed E-state index contributed by atoms with van der Waals surface area (Å²) in [6.07, 6.45) is 18.8. The number of hydrogen-bond acceptors (Lipinski definition) is 2. The Morgan fingerprint density at radius 2 is 0.842 bits per heavy atom. The van der Waals surface area contributed by atoms with Gasteiger partial charge in [0.25, 0.3) is 11.1 Å². The molecule has 0 spiro atoms. The molecule has 0 aromatic carbocycles. The monoisotopic (exact) mass is 666 g/mol. The summed E-state index contributed by atoms with van der Waals surface area (Å²) in [4.78, 5) is 26.5. The summed E-state index contributed by atoms with van der Waals surface area (Å²) in [6, 6.07) is 0. The normalized spacial score (nSPS) is 29.6. The second kappa shape index (κ2) is 16.0. The zero-order valence-electron chi connectivity index (χ0n) is 23.3. The van der Waals surface area contributed by atoms with Gasteiger partial charge in [-0.1, -0.05) is 67.8 Å². The number of hydrogen-bond donors (Lipinski definition) is 0. The van der Waals surface area contributed by atoms with E-state index in [2.05, 4.69) is 52.0 Å². The van der Waals surface area contributed by atoms with E-state index in [1.165, 1.54) is 51.4 Å². The van der Waals surface area contributed by atoms with Crippen molar-refractivity contribution in [1.82, 2.24) is 9.36 Å². The van der Waals surface area contributed by atoms with Crippen LogP contribution in [0.25, 0.3) is 0 Å². The van der Waals surface area contributed by atoms with Gasteiger partial charge in [0.15, 0.2) is 0 Å². The van der Waals surface area contributed by atoms with E-state index in [0.717, 1.165) is 10.6 Å². The molecular weight excluding hydrogens is 624 g/mol. The van der Waals surface area contributed by atoms with Gasteiger partial charge in [0.1, 0.15) is 0 Å². The Labute approximate surface area is 240 Å². The molecule has 2 fully saturated rings. The quantitative estimate of drug-likeness (QED) is 0.159. The van der Waals surface area contributed by atoms with Gasteiger partial charge in [-0.15, -0.1) is 0 Å². The molecule has 1 radical (unpaired) electrons. The van der Waals surface area contributed by atoms with Crippen molar-refractivity contribution in [2.75, 3.05) is 0 Å². The maximum absolute atomic E-state index is 13.2. The third kappa shape index (κ3) is 9.81. The predicted octanol–water partition coefficient (Wildman–Crippen LogP) is 6.41. The molecule has 3 aliphatic rings. The number of allylic oxidation sites excluding steroid dienone is 4. The van der Waals surface area contributed by atoms with Crippen LogP contribution in [0, 0.1) is 0 Å². The van der Waals surface area contributed by atoms with E-state index < -0.39 is 23.1 Å². The summed E-state index contributed by atoms with van der Waals surface area (Å²) < 4.78 is 42.1. The van der Waals surface area contributed by atoms with Gasteiger partial charge in [-0.2, -0.15) is 0 Å². The van der Waals surface area contributed by atoms with Crippen LogP contribution in [0.4, 0.5) is 17.3 Å². The zero-order chi connectivity index (χ0) is 27.9. The largest absolute Gasteiger partial charge is 0.673 e. The summed E-state index contributed by atoms with van der Waals surface area (Å²) in [6.45, 7) is 9.13. The molecule has 2 saturated heterocycles. The Kier molecular flexibility index (Phi) is 14.9. The molecule has 4 rings (SSSR count). The molecule has 0 saturated carbocycles. The maximum atomic E-state index is 13.2. The van der Waals surface area contributed by atoms with Gasteiger partial charge in [0, 0.05) is 33.6 Å². The van der Waals surface area contributed by atoms with Crippen molar-refractivity contribution in [3.63, 3.8) is 0 Å². The molecule has 4 nitrogen and oxygen atoms in total. The number of aromatic nitrogens is 2. The van der Waals surface area contributed by atoms with Gasteiger partial charge < -0.3 is 17.3 Å². The first-order valence-electron chi connectivity index (χ1n) is 13.3. The first-order valence-corrected chi connectivity index (χ1v) is 16.3. The minimum atomic E-state index is -6.00. The number of nitrogens with zero attached hydrogens (tertiary/aromatic N) is 2. The molecule has 1 aromatic heterocycles. The molecule has 12 heteroatoms. The summed E-state index contributed by atoms with van der Waals surface area (Å²) in [5, 5.41) is 1.89. The summed E-state index contributed by atoms with van der Waals surface area (Å²) in [7, 11) is -3.58. The van der Waals surface area contributed by atoms with Gasteiger partial charge in [0.2, 0.25) is 0 Å². The third-order valence-corrected chi connectivity index (χ3v) is 14.3. The van der Waals surface area contributed by atoms with Crippen LogP contribution in [0.15, 0.2) is 33.9 Å². The van der Waals surface area contributed by atoms with Crippen molar-refractivity contribution in [2.24, 2.45) is 14.1 Å². The van der Waals surface area contributed by atoms with Gasteiger partial charge in [-0.3, -0.25) is 19.0 Å². The molecule has 219 valence electrons. The van der Waals surface area contributed by atoms with Crippen LogP contribution in [0.5, 0.6) is 0 Å². The molecule has 3 heterocycles. The van der Waals surface area contributed by atoms with Crippen molar-refractivity contribution >= 4 is 33.7 Å². The molecule has 4 unspecified atom stereocenters. The van der Waals surface area contributed by atoms with Gasteiger partial charge in [-0.05, 0) is 74.0 Å². The molecular formula is C26H42BF4N2O2P2Rh-. The maximum Gasteiger partial charge on any atom is 0.673 e. The molecule has 1 aliphatic carbocycles. The second-order valence-corrected chi connectivity index (χ2v) is 16.4. The number of rotatable bonds is 2. The fourth-order valence-corrected chi connectivity index (χ4v) is 12.7. The smallest absolute Gasteiger partial charge is 0.418 e. The van der Waals surface area contributed by atoms with Gasteiger partial charge in [-0.25, -0.2) is 0 Å². The summed E-state index contributed by atoms with van der Waals surface area (Å²) >= 11 is 0. The van der Waals surface area contributed by atoms with Gasteiger partial charge in [0.05, 0.1) is 10.6 Å². The topological polar surface area (TPSA) is 44.0 Å². The molecule has 1 aromatic rings. The van der Waals surface area contributed by atoms with Crippen LogP contribution < -0.4 is 21.7 Å². The molecule has 0 N–H and O–H groups in total. The van der Waals surface area contributed by atoms with Crippen LogP contribution >= 0.6 is 15.8 Å². The van der Waals surface area contributed by atoms with E-state index in [1.807, 2.05) is 0 Å². The minimum Gasteiger partial charge on any atom is -0.418 e. The van der Waals surface area contributed by atoms with Crippen molar-refractivity contribution in [2.45, 2.75) is 102 Å². The van der Waals surface area contributed by atoms with Crippen LogP contribution in [0.2, 0.25) is 0 Å². The Morgan fingerprint density at radius 3 is 1.05 bits per heavy atom. The average molecular weight is 666 g/mol. The van der Waals surface area contributed by atoms with E-state index in [0.29, 0.717) is 22.6 Å². The Balaban J connectivity index is 0.000000427. The van der Waals surface area contributed by atoms with Crippen molar-refractivity contribution in [3.8, 4) is 0 Å². The molecule has 38 heavy (non-hydrogen) atoms. The fourth-order valence-electron chi connectivity index (χ4n) is 5.37. The fraction of sp³-hybridized carbons (Fsp3) is 0.692. The molecule has 0 amide bonds. The van der Waals surface area contributed by atoms with E-state index >= 15 is 0 Å². The van der Waals surface area contributed by atoms with E-state index in [1.54, 1.807) is 23.5 Å². The van der Waals surface area contributed by atoms with E-state index in [-0.39, 0.29) is 30.6 Å². The first-order chi connectivity index (χ1) is 17.3. The van der Waals surface area contributed by atoms with Crippen LogP contribution in [0.3, 0.4) is 0 Å². The SMILES string of the molecule is C1=CCC/C=C\CC1.CC1CCC(C)P1c1c(P2C(C)CCC2C)c(=O)n(C)n(C)c1=O.F[B-](F)(F)F.[Rh]. The van der Waals surface area contributed by atoms with Crippen molar-refractivity contribution < 1.29 is 36.7 Å². The molecule has 4 atom stereocenters.